The Morgan fingerprint density at radius 2 is 2.00 bits per heavy atom. The lowest BCUT2D eigenvalue weighted by atomic mass is 9.88. The molecule has 10 nitrogen and oxygen atoms in total. The van der Waals surface area contributed by atoms with Crippen molar-refractivity contribution in [1.29, 1.82) is 0 Å². The van der Waals surface area contributed by atoms with E-state index < -0.39 is 35.2 Å². The van der Waals surface area contributed by atoms with Crippen LogP contribution < -0.4 is 5.32 Å². The second-order valence-electron chi connectivity index (χ2n) is 7.39. The van der Waals surface area contributed by atoms with Gasteiger partial charge < -0.3 is 15.0 Å². The average Bonchev–Trinajstić information content (AvgIpc) is 3.34. The minimum atomic E-state index is -0.755. The van der Waals surface area contributed by atoms with Crippen LogP contribution in [0.2, 0.25) is 0 Å². The molecule has 0 bridgehead atoms. The number of nitro groups is 1. The standard InChI is InChI=1S/C17H25N3O7/c1-10-5-14(21)12(13(10)7-20(25)26)6-17(24)27-9-16(23)19(2)8-15(22)18-11-3-4-11/h10-13H,3-9H2,1-2H3,(H,18,22)/t10-,12-,13-/m1/s1. The lowest BCUT2D eigenvalue weighted by Gasteiger charge is -2.18. The summed E-state index contributed by atoms with van der Waals surface area (Å²) in [5.41, 5.74) is 0. The number of carbonyl (C=O) groups excluding carboxylic acids is 4. The van der Waals surface area contributed by atoms with Crippen LogP contribution in [0.15, 0.2) is 0 Å². The van der Waals surface area contributed by atoms with Crippen molar-refractivity contribution in [2.45, 2.75) is 38.6 Å². The second-order valence-corrected chi connectivity index (χ2v) is 7.39. The van der Waals surface area contributed by atoms with Crippen molar-refractivity contribution in [3.05, 3.63) is 10.1 Å². The molecule has 2 amide bonds. The molecule has 3 atom stereocenters. The molecular weight excluding hydrogens is 358 g/mol. The Hall–Kier alpha value is -2.52. The van der Waals surface area contributed by atoms with Crippen molar-refractivity contribution in [2.24, 2.45) is 17.8 Å². The zero-order valence-electron chi connectivity index (χ0n) is 15.5. The zero-order valence-corrected chi connectivity index (χ0v) is 15.5. The minimum Gasteiger partial charge on any atom is -0.456 e. The van der Waals surface area contributed by atoms with Gasteiger partial charge in [-0.15, -0.1) is 0 Å². The zero-order chi connectivity index (χ0) is 20.1. The first-order chi connectivity index (χ1) is 12.7. The molecule has 0 aliphatic heterocycles. The highest BCUT2D eigenvalue weighted by Gasteiger charge is 2.44. The Labute approximate surface area is 156 Å². The number of esters is 1. The minimum absolute atomic E-state index is 0.129. The van der Waals surface area contributed by atoms with Gasteiger partial charge in [-0.25, -0.2) is 0 Å². The number of nitrogens with zero attached hydrogens (tertiary/aromatic N) is 2. The van der Waals surface area contributed by atoms with E-state index in [1.54, 1.807) is 6.92 Å². The van der Waals surface area contributed by atoms with Crippen LogP contribution in [0.4, 0.5) is 0 Å². The molecule has 2 rings (SSSR count). The number of rotatable bonds is 9. The van der Waals surface area contributed by atoms with Gasteiger partial charge in [0.05, 0.1) is 13.0 Å². The highest BCUT2D eigenvalue weighted by molar-refractivity contribution is 5.89. The van der Waals surface area contributed by atoms with Crippen LogP contribution in [0.1, 0.15) is 32.6 Å². The van der Waals surface area contributed by atoms with Crippen molar-refractivity contribution in [1.82, 2.24) is 10.2 Å². The predicted molar refractivity (Wildman–Crippen MR) is 92.0 cm³/mol. The number of hydrogen-bond donors (Lipinski definition) is 1. The summed E-state index contributed by atoms with van der Waals surface area (Å²) < 4.78 is 4.91. The molecule has 2 aliphatic rings. The molecule has 10 heteroatoms. The van der Waals surface area contributed by atoms with E-state index in [4.69, 9.17) is 4.74 Å². The van der Waals surface area contributed by atoms with Gasteiger partial charge in [0, 0.05) is 36.3 Å². The number of ether oxygens (including phenoxy) is 1. The van der Waals surface area contributed by atoms with Gasteiger partial charge in [0.15, 0.2) is 6.61 Å². The molecule has 0 aromatic carbocycles. The van der Waals surface area contributed by atoms with E-state index in [0.717, 1.165) is 17.7 Å². The molecule has 1 N–H and O–H groups in total. The van der Waals surface area contributed by atoms with Crippen LogP contribution >= 0.6 is 0 Å². The number of likely N-dealkylation sites (N-methyl/N-ethyl adjacent to an activating group) is 1. The molecule has 27 heavy (non-hydrogen) atoms. The third-order valence-corrected chi connectivity index (χ3v) is 5.04. The Bertz CT molecular complexity index is 632. The van der Waals surface area contributed by atoms with Gasteiger partial charge in [0.1, 0.15) is 5.78 Å². The van der Waals surface area contributed by atoms with E-state index in [2.05, 4.69) is 5.32 Å². The van der Waals surface area contributed by atoms with Gasteiger partial charge in [-0.3, -0.25) is 29.3 Å². The molecule has 0 heterocycles. The number of ketones is 1. The largest absolute Gasteiger partial charge is 0.456 e. The lowest BCUT2D eigenvalue weighted by molar-refractivity contribution is -0.490. The van der Waals surface area contributed by atoms with Crippen LogP contribution in [0.5, 0.6) is 0 Å². The Balaban J connectivity index is 1.76. The quantitative estimate of drug-likeness (QED) is 0.330. The summed E-state index contributed by atoms with van der Waals surface area (Å²) in [7, 11) is 1.43. The van der Waals surface area contributed by atoms with E-state index in [1.807, 2.05) is 0 Å². The Kier molecular flexibility index (Phi) is 6.86. The molecule has 0 unspecified atom stereocenters. The highest BCUT2D eigenvalue weighted by atomic mass is 16.6. The first-order valence-electron chi connectivity index (χ1n) is 9.00. The van der Waals surface area contributed by atoms with E-state index >= 15 is 0 Å². The van der Waals surface area contributed by atoms with Gasteiger partial charge in [0.2, 0.25) is 12.5 Å². The van der Waals surface area contributed by atoms with Gasteiger partial charge in [-0.1, -0.05) is 6.92 Å². The predicted octanol–water partition coefficient (Wildman–Crippen LogP) is -0.225. The van der Waals surface area contributed by atoms with E-state index in [-0.39, 0.29) is 49.6 Å². The van der Waals surface area contributed by atoms with Crippen molar-refractivity contribution >= 4 is 23.6 Å². The fourth-order valence-corrected chi connectivity index (χ4v) is 3.30. The first-order valence-corrected chi connectivity index (χ1v) is 9.00. The van der Waals surface area contributed by atoms with Crippen LogP contribution in [0.3, 0.4) is 0 Å². The molecule has 0 aromatic rings. The normalized spacial score (nSPS) is 24.4. The van der Waals surface area contributed by atoms with Crippen LogP contribution in [-0.4, -0.2) is 66.2 Å². The van der Waals surface area contributed by atoms with Crippen molar-refractivity contribution in [3.8, 4) is 0 Å². The van der Waals surface area contributed by atoms with E-state index in [1.165, 1.54) is 7.05 Å². The molecule has 2 fully saturated rings. The second kappa shape index (κ2) is 8.92. The Morgan fingerprint density at radius 1 is 1.33 bits per heavy atom. The van der Waals surface area contributed by atoms with Crippen LogP contribution in [0.25, 0.3) is 0 Å². The maximum atomic E-state index is 12.0. The maximum Gasteiger partial charge on any atom is 0.307 e. The molecule has 150 valence electrons. The summed E-state index contributed by atoms with van der Waals surface area (Å²) in [4.78, 5) is 59.1. The number of hydrogen-bond acceptors (Lipinski definition) is 7. The maximum absolute atomic E-state index is 12.0. The number of nitrogens with one attached hydrogen (secondary N) is 1. The summed E-state index contributed by atoms with van der Waals surface area (Å²) in [6, 6.07) is 0.192. The topological polar surface area (TPSA) is 136 Å². The lowest BCUT2D eigenvalue weighted by Crippen LogP contribution is -2.40. The van der Waals surface area contributed by atoms with Gasteiger partial charge in [-0.2, -0.15) is 0 Å². The highest BCUT2D eigenvalue weighted by Crippen LogP contribution is 2.36. The Morgan fingerprint density at radius 3 is 2.59 bits per heavy atom. The summed E-state index contributed by atoms with van der Waals surface area (Å²) in [5, 5.41) is 13.5. The van der Waals surface area contributed by atoms with Gasteiger partial charge in [0.25, 0.3) is 5.91 Å². The van der Waals surface area contributed by atoms with Crippen molar-refractivity contribution < 1.29 is 28.8 Å². The summed E-state index contributed by atoms with van der Waals surface area (Å²) in [6.07, 6.45) is 1.81. The summed E-state index contributed by atoms with van der Waals surface area (Å²) in [5.74, 6) is -3.18. The van der Waals surface area contributed by atoms with Crippen molar-refractivity contribution in [2.75, 3.05) is 26.7 Å². The number of carbonyl (C=O) groups is 4. The van der Waals surface area contributed by atoms with Crippen molar-refractivity contribution in [3.63, 3.8) is 0 Å². The summed E-state index contributed by atoms with van der Waals surface area (Å²) in [6.45, 7) is 0.712. The van der Waals surface area contributed by atoms with E-state index in [0.29, 0.717) is 0 Å². The van der Waals surface area contributed by atoms with E-state index in [9.17, 15) is 29.3 Å². The number of amides is 2. The molecule has 2 aliphatic carbocycles. The summed E-state index contributed by atoms with van der Waals surface area (Å²) >= 11 is 0. The first kappa shape index (κ1) is 20.8. The third kappa shape index (κ3) is 6.30. The van der Waals surface area contributed by atoms with Crippen LogP contribution in [0, 0.1) is 27.9 Å². The third-order valence-electron chi connectivity index (χ3n) is 5.04. The molecule has 0 radical (unpaired) electrons. The fourth-order valence-electron chi connectivity index (χ4n) is 3.30. The molecule has 0 spiro atoms. The van der Waals surface area contributed by atoms with Gasteiger partial charge >= 0.3 is 5.97 Å². The number of Topliss-reactive ketones (excluding diaryl/α,β-unsaturated/α-hetero) is 1. The molecule has 2 saturated carbocycles. The smallest absolute Gasteiger partial charge is 0.307 e. The van der Waals surface area contributed by atoms with Gasteiger partial charge in [-0.05, 0) is 18.8 Å². The molecular formula is C17H25N3O7. The molecule has 0 aromatic heterocycles. The monoisotopic (exact) mass is 383 g/mol. The SMILES string of the molecule is C[C@@H]1CC(=O)[C@H](CC(=O)OCC(=O)N(C)CC(=O)NC2CC2)[C@@H]1C[N+](=O)[O-]. The fraction of sp³-hybridized carbons (Fsp3) is 0.765. The average molecular weight is 383 g/mol. The molecule has 0 saturated heterocycles. The van der Waals surface area contributed by atoms with Crippen LogP contribution in [-0.2, 0) is 23.9 Å².